The summed E-state index contributed by atoms with van der Waals surface area (Å²) in [6, 6.07) is 5.63. The predicted octanol–water partition coefficient (Wildman–Crippen LogP) is 2.76. The van der Waals surface area contributed by atoms with Gasteiger partial charge in [0.25, 0.3) is 0 Å². The van der Waals surface area contributed by atoms with E-state index in [-0.39, 0.29) is 0 Å². The third-order valence-electron chi connectivity index (χ3n) is 2.36. The summed E-state index contributed by atoms with van der Waals surface area (Å²) in [6.45, 7) is 7.22. The third kappa shape index (κ3) is 2.89. The molecule has 78 valence electrons. The molecular weight excluding hydrogens is 196 g/mol. The van der Waals surface area contributed by atoms with Crippen molar-refractivity contribution in [2.45, 2.75) is 20.4 Å². The minimum atomic E-state index is 0.775. The van der Waals surface area contributed by atoms with E-state index in [9.17, 15) is 0 Å². The number of nitrogens with two attached hydrogens (primary N) is 1. The SMILES string of the molecule is CCN(CC)Cc1cc(N)ccc1Cl. The molecule has 2 nitrogen and oxygen atoms in total. The Balaban J connectivity index is 2.79. The fourth-order valence-electron chi connectivity index (χ4n) is 1.40. The Morgan fingerprint density at radius 1 is 1.29 bits per heavy atom. The van der Waals surface area contributed by atoms with Gasteiger partial charge in [0.15, 0.2) is 0 Å². The van der Waals surface area contributed by atoms with Crippen LogP contribution in [0.4, 0.5) is 5.69 Å². The first-order valence-corrected chi connectivity index (χ1v) is 5.31. The quantitative estimate of drug-likeness (QED) is 0.778. The zero-order valence-electron chi connectivity index (χ0n) is 8.76. The smallest absolute Gasteiger partial charge is 0.0452 e. The van der Waals surface area contributed by atoms with Crippen LogP contribution in [0.3, 0.4) is 0 Å². The summed E-state index contributed by atoms with van der Waals surface area (Å²) in [5.41, 5.74) is 7.59. The van der Waals surface area contributed by atoms with E-state index in [0.717, 1.165) is 35.9 Å². The van der Waals surface area contributed by atoms with Crippen LogP contribution >= 0.6 is 11.6 Å². The van der Waals surface area contributed by atoms with E-state index in [1.54, 1.807) is 0 Å². The first-order chi connectivity index (χ1) is 6.67. The molecule has 1 aromatic carbocycles. The molecule has 0 saturated heterocycles. The Bertz CT molecular complexity index is 295. The maximum atomic E-state index is 6.07. The van der Waals surface area contributed by atoms with Crippen molar-refractivity contribution in [2.24, 2.45) is 0 Å². The highest BCUT2D eigenvalue weighted by Gasteiger charge is 2.05. The van der Waals surface area contributed by atoms with Gasteiger partial charge in [-0.1, -0.05) is 25.4 Å². The van der Waals surface area contributed by atoms with Gasteiger partial charge in [-0.25, -0.2) is 0 Å². The molecule has 0 aliphatic rings. The molecule has 0 unspecified atom stereocenters. The number of benzene rings is 1. The van der Waals surface area contributed by atoms with Gasteiger partial charge < -0.3 is 5.73 Å². The Kier molecular flexibility index (Phi) is 4.23. The Labute approximate surface area is 90.7 Å². The zero-order chi connectivity index (χ0) is 10.6. The molecule has 0 saturated carbocycles. The summed E-state index contributed by atoms with van der Waals surface area (Å²) in [4.78, 5) is 2.31. The second kappa shape index (κ2) is 5.23. The molecule has 1 rings (SSSR count). The van der Waals surface area contributed by atoms with Gasteiger partial charge >= 0.3 is 0 Å². The summed E-state index contributed by atoms with van der Waals surface area (Å²) in [5, 5.41) is 0.797. The van der Waals surface area contributed by atoms with Crippen LogP contribution < -0.4 is 5.73 Å². The number of hydrogen-bond acceptors (Lipinski definition) is 2. The average molecular weight is 213 g/mol. The van der Waals surface area contributed by atoms with E-state index >= 15 is 0 Å². The number of nitrogen functional groups attached to an aromatic ring is 1. The second-order valence-electron chi connectivity index (χ2n) is 3.31. The lowest BCUT2D eigenvalue weighted by Gasteiger charge is -2.18. The molecular formula is C11H17ClN2. The average Bonchev–Trinajstić information content (AvgIpc) is 2.19. The van der Waals surface area contributed by atoms with E-state index in [1.165, 1.54) is 0 Å². The number of rotatable bonds is 4. The molecule has 0 fully saturated rings. The Hall–Kier alpha value is -0.730. The first kappa shape index (κ1) is 11.3. The lowest BCUT2D eigenvalue weighted by Crippen LogP contribution is -2.22. The zero-order valence-corrected chi connectivity index (χ0v) is 9.51. The van der Waals surface area contributed by atoms with Crippen LogP contribution in [-0.2, 0) is 6.54 Å². The van der Waals surface area contributed by atoms with E-state index < -0.39 is 0 Å². The van der Waals surface area contributed by atoms with Crippen molar-refractivity contribution in [3.8, 4) is 0 Å². The van der Waals surface area contributed by atoms with E-state index in [2.05, 4.69) is 18.7 Å². The maximum absolute atomic E-state index is 6.07. The van der Waals surface area contributed by atoms with Gasteiger partial charge in [-0.15, -0.1) is 0 Å². The maximum Gasteiger partial charge on any atom is 0.0452 e. The molecule has 0 aromatic heterocycles. The molecule has 0 atom stereocenters. The van der Waals surface area contributed by atoms with Crippen molar-refractivity contribution in [1.82, 2.24) is 4.90 Å². The van der Waals surface area contributed by atoms with Crippen molar-refractivity contribution in [3.05, 3.63) is 28.8 Å². The van der Waals surface area contributed by atoms with Crippen LogP contribution in [0, 0.1) is 0 Å². The summed E-state index contributed by atoms with van der Waals surface area (Å²) < 4.78 is 0. The minimum absolute atomic E-state index is 0.775. The van der Waals surface area contributed by atoms with Crippen molar-refractivity contribution in [2.75, 3.05) is 18.8 Å². The van der Waals surface area contributed by atoms with Gasteiger partial charge in [0.05, 0.1) is 0 Å². The topological polar surface area (TPSA) is 29.3 Å². The Morgan fingerprint density at radius 3 is 2.50 bits per heavy atom. The fraction of sp³-hybridized carbons (Fsp3) is 0.455. The molecule has 1 aromatic rings. The molecule has 2 N–H and O–H groups in total. The highest BCUT2D eigenvalue weighted by molar-refractivity contribution is 6.31. The number of hydrogen-bond donors (Lipinski definition) is 1. The molecule has 0 aliphatic heterocycles. The van der Waals surface area contributed by atoms with Gasteiger partial charge in [-0.2, -0.15) is 0 Å². The van der Waals surface area contributed by atoms with Crippen LogP contribution in [0.1, 0.15) is 19.4 Å². The lowest BCUT2D eigenvalue weighted by molar-refractivity contribution is 0.296. The molecule has 0 amide bonds. The van der Waals surface area contributed by atoms with Crippen LogP contribution in [-0.4, -0.2) is 18.0 Å². The Morgan fingerprint density at radius 2 is 1.93 bits per heavy atom. The van der Waals surface area contributed by atoms with Crippen LogP contribution in [0.5, 0.6) is 0 Å². The minimum Gasteiger partial charge on any atom is -0.399 e. The second-order valence-corrected chi connectivity index (χ2v) is 3.72. The van der Waals surface area contributed by atoms with Crippen LogP contribution in [0.25, 0.3) is 0 Å². The largest absolute Gasteiger partial charge is 0.399 e. The molecule has 14 heavy (non-hydrogen) atoms. The number of nitrogens with zero attached hydrogens (tertiary/aromatic N) is 1. The number of anilines is 1. The molecule has 0 bridgehead atoms. The van der Waals surface area contributed by atoms with Gasteiger partial charge in [-0.3, -0.25) is 4.90 Å². The summed E-state index contributed by atoms with van der Waals surface area (Å²) >= 11 is 6.07. The normalized spacial score (nSPS) is 10.9. The fourth-order valence-corrected chi connectivity index (χ4v) is 1.58. The standard InChI is InChI=1S/C11H17ClN2/c1-3-14(4-2)8-9-7-10(13)5-6-11(9)12/h5-7H,3-4,8,13H2,1-2H3. The summed E-state index contributed by atoms with van der Waals surface area (Å²) in [6.07, 6.45) is 0. The highest BCUT2D eigenvalue weighted by Crippen LogP contribution is 2.20. The van der Waals surface area contributed by atoms with E-state index in [0.29, 0.717) is 0 Å². The summed E-state index contributed by atoms with van der Waals surface area (Å²) in [5.74, 6) is 0. The summed E-state index contributed by atoms with van der Waals surface area (Å²) in [7, 11) is 0. The van der Waals surface area contributed by atoms with E-state index in [1.807, 2.05) is 18.2 Å². The lowest BCUT2D eigenvalue weighted by atomic mass is 10.2. The molecule has 0 spiro atoms. The monoisotopic (exact) mass is 212 g/mol. The van der Waals surface area contributed by atoms with Crippen molar-refractivity contribution >= 4 is 17.3 Å². The highest BCUT2D eigenvalue weighted by atomic mass is 35.5. The van der Waals surface area contributed by atoms with Gasteiger partial charge in [-0.05, 0) is 36.9 Å². The predicted molar refractivity (Wildman–Crippen MR) is 62.5 cm³/mol. The van der Waals surface area contributed by atoms with Crippen molar-refractivity contribution < 1.29 is 0 Å². The van der Waals surface area contributed by atoms with Gasteiger partial charge in [0.2, 0.25) is 0 Å². The van der Waals surface area contributed by atoms with E-state index in [4.69, 9.17) is 17.3 Å². The molecule has 0 radical (unpaired) electrons. The van der Waals surface area contributed by atoms with Gasteiger partial charge in [0, 0.05) is 17.3 Å². The van der Waals surface area contributed by atoms with Gasteiger partial charge in [0.1, 0.15) is 0 Å². The van der Waals surface area contributed by atoms with Crippen molar-refractivity contribution in [1.29, 1.82) is 0 Å². The van der Waals surface area contributed by atoms with Crippen LogP contribution in [0.15, 0.2) is 18.2 Å². The number of halogens is 1. The van der Waals surface area contributed by atoms with Crippen LogP contribution in [0.2, 0.25) is 5.02 Å². The molecule has 0 heterocycles. The molecule has 3 heteroatoms. The first-order valence-electron chi connectivity index (χ1n) is 4.93. The van der Waals surface area contributed by atoms with Crippen molar-refractivity contribution in [3.63, 3.8) is 0 Å². The molecule has 0 aliphatic carbocycles. The third-order valence-corrected chi connectivity index (χ3v) is 2.73.